The minimum absolute atomic E-state index is 0.0440. The van der Waals surface area contributed by atoms with E-state index in [1.54, 1.807) is 35.2 Å². The van der Waals surface area contributed by atoms with Crippen LogP contribution in [-0.4, -0.2) is 71.3 Å². The minimum Gasteiger partial charge on any atom is -0.342 e. The first-order chi connectivity index (χ1) is 23.9. The number of halogens is 1. The number of rotatable bonds is 9. The summed E-state index contributed by atoms with van der Waals surface area (Å²) in [6.45, 7) is 6.70. The second kappa shape index (κ2) is 13.2. The third kappa shape index (κ3) is 6.34. The lowest BCUT2D eigenvalue weighted by Crippen LogP contribution is -2.54. The molecule has 0 radical (unpaired) electrons. The van der Waals surface area contributed by atoms with Gasteiger partial charge in [-0.25, -0.2) is 22.5 Å². The second-order valence-corrected chi connectivity index (χ2v) is 16.7. The van der Waals surface area contributed by atoms with Gasteiger partial charge in [0.2, 0.25) is 11.8 Å². The summed E-state index contributed by atoms with van der Waals surface area (Å²) in [6, 6.07) is 24.2. The lowest BCUT2D eigenvalue weighted by atomic mass is 9.70. The van der Waals surface area contributed by atoms with Crippen molar-refractivity contribution >= 4 is 32.9 Å². The fraction of sp³-hybridized carbons (Fsp3) is 0.462. The van der Waals surface area contributed by atoms with Crippen molar-refractivity contribution in [3.8, 4) is 0 Å². The van der Waals surface area contributed by atoms with Crippen molar-refractivity contribution in [2.24, 2.45) is 5.41 Å². The lowest BCUT2D eigenvalue weighted by Gasteiger charge is -2.46. The molecule has 3 aromatic carbocycles. The zero-order valence-corrected chi connectivity index (χ0v) is 29.8. The van der Waals surface area contributed by atoms with Crippen LogP contribution >= 0.6 is 0 Å². The van der Waals surface area contributed by atoms with Crippen LogP contribution in [0.2, 0.25) is 0 Å². The Bertz CT molecular complexity index is 1990. The van der Waals surface area contributed by atoms with Crippen LogP contribution in [0.25, 0.3) is 11.0 Å². The number of piperidine rings is 2. The predicted octanol–water partition coefficient (Wildman–Crippen LogP) is 6.13. The van der Waals surface area contributed by atoms with E-state index in [1.807, 2.05) is 12.1 Å². The maximum absolute atomic E-state index is 14.7. The molecule has 0 saturated carbocycles. The van der Waals surface area contributed by atoms with Gasteiger partial charge in [0.1, 0.15) is 17.1 Å². The summed E-state index contributed by atoms with van der Waals surface area (Å²) < 4.78 is 44.9. The molecule has 264 valence electrons. The molecule has 50 heavy (non-hydrogen) atoms. The molecule has 9 nitrogen and oxygen atoms in total. The van der Waals surface area contributed by atoms with E-state index >= 15 is 0 Å². The van der Waals surface area contributed by atoms with E-state index in [2.05, 4.69) is 39.3 Å². The molecule has 7 rings (SSSR count). The van der Waals surface area contributed by atoms with Crippen LogP contribution in [0, 0.1) is 18.2 Å². The van der Waals surface area contributed by atoms with E-state index in [1.165, 1.54) is 50.4 Å². The molecule has 1 aromatic heterocycles. The number of para-hydroxylation sites is 2. The number of sulfonamides is 1. The number of likely N-dealkylation sites (tertiary alicyclic amines) is 1. The zero-order valence-electron chi connectivity index (χ0n) is 29.0. The van der Waals surface area contributed by atoms with Crippen molar-refractivity contribution in [1.29, 1.82) is 0 Å². The molecule has 1 N–H and O–H groups in total. The van der Waals surface area contributed by atoms with E-state index in [9.17, 15) is 22.4 Å². The van der Waals surface area contributed by atoms with Crippen molar-refractivity contribution < 1.29 is 22.4 Å². The van der Waals surface area contributed by atoms with Gasteiger partial charge in [-0.2, -0.15) is 0 Å². The molecule has 3 aliphatic heterocycles. The highest BCUT2D eigenvalue weighted by Gasteiger charge is 2.47. The van der Waals surface area contributed by atoms with E-state index < -0.39 is 27.3 Å². The number of aryl methyl sites for hydroxylation is 1. The van der Waals surface area contributed by atoms with Crippen LogP contribution in [-0.2, 0) is 25.0 Å². The van der Waals surface area contributed by atoms with E-state index in [0.29, 0.717) is 44.1 Å². The second-order valence-electron chi connectivity index (χ2n) is 15.0. The number of fused-ring (bicyclic) bond motifs is 3. The maximum atomic E-state index is 14.7. The average Bonchev–Trinajstić information content (AvgIpc) is 3.57. The Balaban J connectivity index is 1.04. The number of aromatic nitrogens is 2. The summed E-state index contributed by atoms with van der Waals surface area (Å²) in [5, 5.41) is 0. The van der Waals surface area contributed by atoms with Gasteiger partial charge in [0.25, 0.3) is 10.0 Å². The van der Waals surface area contributed by atoms with Gasteiger partial charge < -0.3 is 9.47 Å². The highest BCUT2D eigenvalue weighted by molar-refractivity contribution is 7.90. The molecule has 4 aromatic rings. The molecule has 2 bridgehead atoms. The monoisotopic (exact) mass is 699 g/mol. The molecule has 1 unspecified atom stereocenters. The highest BCUT2D eigenvalue weighted by atomic mass is 32.2. The Hall–Kier alpha value is -4.09. The smallest absolute Gasteiger partial charge is 0.264 e. The number of nitrogens with one attached hydrogen (secondary N) is 1. The first-order valence-corrected chi connectivity index (χ1v) is 19.2. The minimum atomic E-state index is -4.13. The van der Waals surface area contributed by atoms with Crippen LogP contribution in [0.15, 0.2) is 83.8 Å². The standard InChI is InChI=1S/C39H46FN5O4S/c1-27-41-34-14-7-8-15-35(34)45(27)32-25-30-16-17-31(26-32)44(30)23-20-39(28-10-9-11-29(40)24-28)18-21-43(22-19-39)37(47)38(2,3)36(46)42-50(48,49)33-12-5-4-6-13-33/h4-15,24,30-32H,16-23,25-26H2,1-3H3,(H,42,46)/t30-,31+,32?. The average molecular weight is 700 g/mol. The van der Waals surface area contributed by atoms with E-state index in [4.69, 9.17) is 4.98 Å². The topological polar surface area (TPSA) is 105 Å². The number of carbonyl (C=O) groups is 2. The number of amides is 2. The summed E-state index contributed by atoms with van der Waals surface area (Å²) in [6.07, 6.45) is 6.55. The van der Waals surface area contributed by atoms with Crippen molar-refractivity contribution in [2.75, 3.05) is 19.6 Å². The number of nitrogens with zero attached hydrogens (tertiary/aromatic N) is 4. The summed E-state index contributed by atoms with van der Waals surface area (Å²) in [5.41, 5.74) is 1.24. The molecule has 3 atom stereocenters. The largest absolute Gasteiger partial charge is 0.342 e. The van der Waals surface area contributed by atoms with Crippen LogP contribution in [0.1, 0.15) is 76.2 Å². The van der Waals surface area contributed by atoms with Gasteiger partial charge in [-0.3, -0.25) is 14.5 Å². The number of hydrogen-bond acceptors (Lipinski definition) is 6. The lowest BCUT2D eigenvalue weighted by molar-refractivity contribution is -0.149. The van der Waals surface area contributed by atoms with Gasteiger partial charge in [0, 0.05) is 31.2 Å². The molecular weight excluding hydrogens is 654 g/mol. The highest BCUT2D eigenvalue weighted by Crippen LogP contribution is 2.45. The van der Waals surface area contributed by atoms with Gasteiger partial charge in [-0.1, -0.05) is 42.5 Å². The maximum Gasteiger partial charge on any atom is 0.264 e. The number of imidazole rings is 1. The molecule has 11 heteroatoms. The molecular formula is C39H46FN5O4S. The summed E-state index contributed by atoms with van der Waals surface area (Å²) in [5.74, 6) is -0.505. The van der Waals surface area contributed by atoms with Gasteiger partial charge in [0.05, 0.1) is 15.9 Å². The van der Waals surface area contributed by atoms with Gasteiger partial charge in [-0.15, -0.1) is 0 Å². The Morgan fingerprint density at radius 3 is 2.26 bits per heavy atom. The zero-order chi connectivity index (χ0) is 35.3. The molecule has 4 heterocycles. The van der Waals surface area contributed by atoms with Crippen molar-refractivity contribution in [2.45, 2.75) is 94.2 Å². The Kier molecular flexibility index (Phi) is 9.09. The normalized spacial score (nSPS) is 22.5. The van der Waals surface area contributed by atoms with Crippen LogP contribution in [0.5, 0.6) is 0 Å². The van der Waals surface area contributed by atoms with Crippen molar-refractivity contribution in [3.05, 3.63) is 96.1 Å². The predicted molar refractivity (Wildman–Crippen MR) is 190 cm³/mol. The molecule has 3 aliphatic rings. The van der Waals surface area contributed by atoms with Crippen molar-refractivity contribution in [3.63, 3.8) is 0 Å². The number of hydrogen-bond donors (Lipinski definition) is 1. The SMILES string of the molecule is Cc1nc2ccccc2n1C1C[C@H]2CC[C@@H](C1)N2CCC1(c2cccc(F)c2)CCN(C(=O)C(C)(C)C(=O)NS(=O)(=O)c2ccccc2)CC1. The molecule has 3 saturated heterocycles. The molecule has 0 spiro atoms. The Labute approximate surface area is 293 Å². The van der Waals surface area contributed by atoms with Crippen molar-refractivity contribution in [1.82, 2.24) is 24.1 Å². The first-order valence-electron chi connectivity index (χ1n) is 17.7. The van der Waals surface area contributed by atoms with Crippen LogP contribution in [0.4, 0.5) is 4.39 Å². The number of carbonyl (C=O) groups excluding carboxylic acids is 2. The van der Waals surface area contributed by atoms with E-state index in [0.717, 1.165) is 42.7 Å². The molecule has 3 fully saturated rings. The summed E-state index contributed by atoms with van der Waals surface area (Å²) in [4.78, 5) is 36.2. The van der Waals surface area contributed by atoms with E-state index in [-0.39, 0.29) is 16.1 Å². The first kappa shape index (κ1) is 34.4. The molecule has 2 amide bonds. The molecule has 0 aliphatic carbocycles. The van der Waals surface area contributed by atoms with Crippen LogP contribution < -0.4 is 4.72 Å². The summed E-state index contributed by atoms with van der Waals surface area (Å²) >= 11 is 0. The third-order valence-corrected chi connectivity index (χ3v) is 13.0. The van der Waals surface area contributed by atoms with Gasteiger partial charge >= 0.3 is 0 Å². The van der Waals surface area contributed by atoms with Gasteiger partial charge in [-0.05, 0) is 120 Å². The van der Waals surface area contributed by atoms with Crippen LogP contribution in [0.3, 0.4) is 0 Å². The quantitative estimate of drug-likeness (QED) is 0.211. The fourth-order valence-electron chi connectivity index (χ4n) is 8.83. The summed E-state index contributed by atoms with van der Waals surface area (Å²) in [7, 11) is -4.13. The Morgan fingerprint density at radius 2 is 1.58 bits per heavy atom. The third-order valence-electron chi connectivity index (χ3n) is 11.7. The number of benzene rings is 3. The Morgan fingerprint density at radius 1 is 0.920 bits per heavy atom. The fourth-order valence-corrected chi connectivity index (χ4v) is 9.96. The van der Waals surface area contributed by atoms with Gasteiger partial charge in [0.15, 0.2) is 0 Å².